The Morgan fingerprint density at radius 3 is 2.71 bits per heavy atom. The lowest BCUT2D eigenvalue weighted by Crippen LogP contribution is -2.22. The fraction of sp³-hybridized carbons (Fsp3) is 0.333. The Balaban J connectivity index is 2.19. The zero-order valence-electron chi connectivity index (χ0n) is 11.2. The van der Waals surface area contributed by atoms with Crippen molar-refractivity contribution in [1.29, 1.82) is 0 Å². The molecule has 0 aliphatic rings. The molecule has 0 saturated carbocycles. The lowest BCUT2D eigenvalue weighted by molar-refractivity contribution is -0.148. The van der Waals surface area contributed by atoms with Gasteiger partial charge in [-0.2, -0.15) is 0 Å². The number of nitrogens with zero attached hydrogens (tertiary/aromatic N) is 2. The molecule has 0 bridgehead atoms. The van der Waals surface area contributed by atoms with Gasteiger partial charge in [0.15, 0.2) is 11.5 Å². The number of carboxylic acid groups (broad SMARTS) is 1. The zero-order valence-corrected chi connectivity index (χ0v) is 12.1. The Morgan fingerprint density at radius 2 is 2.14 bits per heavy atom. The molecule has 0 saturated heterocycles. The van der Waals surface area contributed by atoms with E-state index in [0.717, 1.165) is 5.56 Å². The number of carboxylic acids is 1. The Hall–Kier alpha value is -1.73. The predicted octanol–water partition coefficient (Wildman–Crippen LogP) is 0.169. The van der Waals surface area contributed by atoms with E-state index in [1.54, 1.807) is 18.3 Å². The number of methoxy groups -OCH3 is 1. The van der Waals surface area contributed by atoms with Crippen LogP contribution in [-0.4, -0.2) is 43.5 Å². The molecule has 0 aliphatic carbocycles. The van der Waals surface area contributed by atoms with Crippen LogP contribution in [0.15, 0.2) is 24.5 Å². The minimum atomic E-state index is -4.38. The van der Waals surface area contributed by atoms with Crippen molar-refractivity contribution in [3.8, 4) is 0 Å². The first-order valence-corrected chi connectivity index (χ1v) is 7.72. The van der Waals surface area contributed by atoms with Crippen LogP contribution < -0.4 is 5.44 Å². The van der Waals surface area contributed by atoms with Gasteiger partial charge >= 0.3 is 13.6 Å². The number of hydrogen-bond donors (Lipinski definition) is 3. The Bertz CT molecular complexity index is 707. The van der Waals surface area contributed by atoms with Gasteiger partial charge in [-0.15, -0.1) is 0 Å². The second-order valence-corrected chi connectivity index (χ2v) is 6.09. The second-order valence-electron chi connectivity index (χ2n) is 4.55. The molecule has 114 valence electrons. The standard InChI is InChI=1S/C12H15N2O6P/c1-20-9(12(15)16)4-2-8-3-5-10-13-11(21(17,18)19)7-14(10)6-8/h3,5-7,9H,2,4H2,1H3,(H,15,16)(H2,17,18,19). The van der Waals surface area contributed by atoms with Gasteiger partial charge in [0.1, 0.15) is 5.65 Å². The van der Waals surface area contributed by atoms with Crippen molar-refractivity contribution in [2.75, 3.05) is 7.11 Å². The maximum atomic E-state index is 11.2. The average molecular weight is 314 g/mol. The van der Waals surface area contributed by atoms with Crippen LogP contribution in [-0.2, 0) is 20.5 Å². The van der Waals surface area contributed by atoms with Crippen LogP contribution in [0.25, 0.3) is 5.65 Å². The molecule has 0 radical (unpaired) electrons. The van der Waals surface area contributed by atoms with Crippen molar-refractivity contribution in [1.82, 2.24) is 9.38 Å². The molecular weight excluding hydrogens is 299 g/mol. The maximum absolute atomic E-state index is 11.2. The van der Waals surface area contributed by atoms with Gasteiger partial charge in [0.25, 0.3) is 0 Å². The highest BCUT2D eigenvalue weighted by Crippen LogP contribution is 2.32. The third-order valence-electron chi connectivity index (χ3n) is 3.05. The molecular formula is C12H15N2O6P. The molecule has 0 aromatic carbocycles. The van der Waals surface area contributed by atoms with E-state index in [1.807, 2.05) is 0 Å². The molecule has 2 aromatic heterocycles. The van der Waals surface area contributed by atoms with Gasteiger partial charge < -0.3 is 24.0 Å². The smallest absolute Gasteiger partial charge is 0.376 e. The number of aryl methyl sites for hydroxylation is 1. The van der Waals surface area contributed by atoms with Crippen LogP contribution in [0.2, 0.25) is 0 Å². The van der Waals surface area contributed by atoms with Crippen LogP contribution in [0.1, 0.15) is 12.0 Å². The SMILES string of the molecule is COC(CCc1ccc2nc(P(=O)(O)O)cn2c1)C(=O)O. The highest BCUT2D eigenvalue weighted by atomic mass is 31.2. The average Bonchev–Trinajstić information content (AvgIpc) is 2.82. The van der Waals surface area contributed by atoms with Gasteiger partial charge in [0.2, 0.25) is 0 Å². The number of aliphatic carboxylic acids is 1. The van der Waals surface area contributed by atoms with Crippen molar-refractivity contribution < 1.29 is 29.0 Å². The lowest BCUT2D eigenvalue weighted by atomic mass is 10.1. The summed E-state index contributed by atoms with van der Waals surface area (Å²) in [6.07, 6.45) is 2.82. The first-order valence-electron chi connectivity index (χ1n) is 6.10. The topological polar surface area (TPSA) is 121 Å². The van der Waals surface area contributed by atoms with E-state index in [2.05, 4.69) is 4.98 Å². The summed E-state index contributed by atoms with van der Waals surface area (Å²) in [5.41, 5.74) is 0.944. The van der Waals surface area contributed by atoms with Crippen LogP contribution in [0.3, 0.4) is 0 Å². The van der Waals surface area contributed by atoms with Gasteiger partial charge in [-0.25, -0.2) is 9.78 Å². The number of fused-ring (bicyclic) bond motifs is 1. The molecule has 21 heavy (non-hydrogen) atoms. The first kappa shape index (κ1) is 15.7. The summed E-state index contributed by atoms with van der Waals surface area (Å²) in [4.78, 5) is 32.9. The number of ether oxygens (including phenoxy) is 1. The molecule has 2 heterocycles. The molecule has 1 unspecified atom stereocenters. The number of aromatic nitrogens is 2. The zero-order chi connectivity index (χ0) is 15.6. The third-order valence-corrected chi connectivity index (χ3v) is 3.87. The molecule has 0 spiro atoms. The van der Waals surface area contributed by atoms with E-state index in [-0.39, 0.29) is 5.44 Å². The van der Waals surface area contributed by atoms with Crippen LogP contribution in [0, 0.1) is 0 Å². The second kappa shape index (κ2) is 5.95. The van der Waals surface area contributed by atoms with Crippen molar-refractivity contribution in [2.45, 2.75) is 18.9 Å². The lowest BCUT2D eigenvalue weighted by Gasteiger charge is -2.10. The number of rotatable bonds is 6. The Kier molecular flexibility index (Phi) is 4.43. The van der Waals surface area contributed by atoms with E-state index < -0.39 is 19.7 Å². The molecule has 0 aliphatic heterocycles. The number of carbonyl (C=O) groups is 1. The normalized spacial score (nSPS) is 13.5. The van der Waals surface area contributed by atoms with Crippen LogP contribution in [0.5, 0.6) is 0 Å². The Labute approximate surface area is 120 Å². The quantitative estimate of drug-likeness (QED) is 0.650. The van der Waals surface area contributed by atoms with E-state index >= 15 is 0 Å². The van der Waals surface area contributed by atoms with E-state index in [4.69, 9.17) is 19.6 Å². The van der Waals surface area contributed by atoms with E-state index in [0.29, 0.717) is 18.5 Å². The minimum Gasteiger partial charge on any atom is -0.479 e. The van der Waals surface area contributed by atoms with Crippen molar-refractivity contribution in [3.63, 3.8) is 0 Å². The molecule has 1 atom stereocenters. The molecule has 3 N–H and O–H groups in total. The number of pyridine rings is 1. The van der Waals surface area contributed by atoms with Crippen molar-refractivity contribution >= 4 is 24.6 Å². The van der Waals surface area contributed by atoms with E-state index in [1.165, 1.54) is 17.7 Å². The van der Waals surface area contributed by atoms with Crippen LogP contribution >= 0.6 is 7.60 Å². The van der Waals surface area contributed by atoms with Crippen molar-refractivity contribution in [2.24, 2.45) is 0 Å². The van der Waals surface area contributed by atoms with E-state index in [9.17, 15) is 9.36 Å². The fourth-order valence-corrected chi connectivity index (χ4v) is 2.46. The van der Waals surface area contributed by atoms with Gasteiger partial charge in [0, 0.05) is 19.5 Å². The largest absolute Gasteiger partial charge is 0.479 e. The molecule has 2 rings (SSSR count). The van der Waals surface area contributed by atoms with Gasteiger partial charge in [-0.3, -0.25) is 4.57 Å². The summed E-state index contributed by atoms with van der Waals surface area (Å²) in [6.45, 7) is 0. The maximum Gasteiger partial charge on any atom is 0.376 e. The first-order chi connectivity index (χ1) is 9.81. The monoisotopic (exact) mass is 314 g/mol. The molecule has 9 heteroatoms. The Morgan fingerprint density at radius 1 is 1.43 bits per heavy atom. The summed E-state index contributed by atoms with van der Waals surface area (Å²) in [7, 11) is -3.05. The fourth-order valence-electron chi connectivity index (χ4n) is 1.95. The summed E-state index contributed by atoms with van der Waals surface area (Å²) >= 11 is 0. The number of hydrogen-bond acceptors (Lipinski definition) is 4. The molecule has 8 nitrogen and oxygen atoms in total. The van der Waals surface area contributed by atoms with Crippen molar-refractivity contribution in [3.05, 3.63) is 30.1 Å². The highest BCUT2D eigenvalue weighted by molar-refractivity contribution is 7.60. The van der Waals surface area contributed by atoms with Gasteiger partial charge in [-0.1, -0.05) is 6.07 Å². The summed E-state index contributed by atoms with van der Waals surface area (Å²) in [5, 5.41) is 8.89. The predicted molar refractivity (Wildman–Crippen MR) is 73.6 cm³/mol. The summed E-state index contributed by atoms with van der Waals surface area (Å²) in [5.74, 6) is -1.02. The van der Waals surface area contributed by atoms with Gasteiger partial charge in [0.05, 0.1) is 0 Å². The minimum absolute atomic E-state index is 0.292. The summed E-state index contributed by atoms with van der Waals surface area (Å²) < 4.78 is 17.5. The molecule has 0 fully saturated rings. The summed E-state index contributed by atoms with van der Waals surface area (Å²) in [6, 6.07) is 3.36. The van der Waals surface area contributed by atoms with Gasteiger partial charge in [-0.05, 0) is 24.5 Å². The van der Waals surface area contributed by atoms with Crippen LogP contribution in [0.4, 0.5) is 0 Å². The molecule has 0 amide bonds. The highest BCUT2D eigenvalue weighted by Gasteiger charge is 2.21. The number of imidazole rings is 1. The third kappa shape index (κ3) is 3.68. The molecule has 2 aromatic rings.